The molecule has 0 spiro atoms. The number of fused-ring (bicyclic) bond motifs is 1. The quantitative estimate of drug-likeness (QED) is 0.181. The van der Waals surface area contributed by atoms with Gasteiger partial charge in [0, 0.05) is 34.7 Å². The SMILES string of the molecule is CC(C)(C)C1CCC(C(Cc2ccc(C(=O)NCCS(=O)(=O)[O-])cc2)C(=O)Nc2ccc(-c3cc4ccccc4o3)cc2)CC1. The highest BCUT2D eigenvalue weighted by Gasteiger charge is 2.35. The summed E-state index contributed by atoms with van der Waals surface area (Å²) in [5, 5.41) is 6.66. The fraction of sp³-hybridized carbons (Fsp3) is 0.389. The molecule has 0 radical (unpaired) electrons. The van der Waals surface area contributed by atoms with Gasteiger partial charge in [-0.3, -0.25) is 9.59 Å². The fourth-order valence-corrected chi connectivity index (χ4v) is 6.73. The average molecular weight is 630 g/mol. The molecule has 0 saturated heterocycles. The van der Waals surface area contributed by atoms with Gasteiger partial charge in [0.25, 0.3) is 5.91 Å². The number of nitrogens with one attached hydrogen (secondary N) is 2. The van der Waals surface area contributed by atoms with Gasteiger partial charge in [0.15, 0.2) is 0 Å². The van der Waals surface area contributed by atoms with Gasteiger partial charge in [0.2, 0.25) is 5.91 Å². The molecule has 1 aliphatic rings. The first-order valence-electron chi connectivity index (χ1n) is 15.6. The van der Waals surface area contributed by atoms with Crippen molar-refractivity contribution >= 4 is 38.6 Å². The highest BCUT2D eigenvalue weighted by Crippen LogP contribution is 2.43. The molecule has 0 aliphatic heterocycles. The number of amides is 2. The normalized spacial score (nSPS) is 18.0. The number of rotatable bonds is 10. The van der Waals surface area contributed by atoms with E-state index in [-0.39, 0.29) is 29.7 Å². The third kappa shape index (κ3) is 8.61. The van der Waals surface area contributed by atoms with E-state index in [0.717, 1.165) is 59.2 Å². The Kier molecular flexibility index (Phi) is 9.79. The summed E-state index contributed by atoms with van der Waals surface area (Å²) in [5.41, 5.74) is 4.02. The smallest absolute Gasteiger partial charge is 0.251 e. The number of benzene rings is 3. The van der Waals surface area contributed by atoms with E-state index in [4.69, 9.17) is 4.42 Å². The third-order valence-corrected chi connectivity index (χ3v) is 9.78. The van der Waals surface area contributed by atoms with Gasteiger partial charge in [0.05, 0.1) is 15.9 Å². The summed E-state index contributed by atoms with van der Waals surface area (Å²) in [5.74, 6) is 0.247. The van der Waals surface area contributed by atoms with Crippen molar-refractivity contribution in [2.75, 3.05) is 17.6 Å². The molecule has 1 heterocycles. The summed E-state index contributed by atoms with van der Waals surface area (Å²) in [6.07, 6.45) is 4.66. The number of furan rings is 1. The summed E-state index contributed by atoms with van der Waals surface area (Å²) in [6, 6.07) is 24.6. The highest BCUT2D eigenvalue weighted by molar-refractivity contribution is 7.85. The van der Waals surface area contributed by atoms with Gasteiger partial charge in [0.1, 0.15) is 11.3 Å². The molecular formula is C36H41N2O6S-. The van der Waals surface area contributed by atoms with E-state index in [2.05, 4.69) is 31.4 Å². The van der Waals surface area contributed by atoms with Gasteiger partial charge < -0.3 is 19.6 Å². The number of para-hydroxylation sites is 1. The molecule has 3 aromatic carbocycles. The van der Waals surface area contributed by atoms with E-state index in [9.17, 15) is 22.6 Å². The van der Waals surface area contributed by atoms with Gasteiger partial charge >= 0.3 is 0 Å². The largest absolute Gasteiger partial charge is 0.748 e. The Morgan fingerprint density at radius 3 is 2.22 bits per heavy atom. The predicted molar refractivity (Wildman–Crippen MR) is 176 cm³/mol. The zero-order valence-corrected chi connectivity index (χ0v) is 26.9. The second kappa shape index (κ2) is 13.6. The molecule has 5 rings (SSSR count). The Balaban J connectivity index is 1.28. The molecule has 1 atom stereocenters. The van der Waals surface area contributed by atoms with Gasteiger partial charge in [-0.1, -0.05) is 51.1 Å². The maximum Gasteiger partial charge on any atom is 0.251 e. The van der Waals surface area contributed by atoms with Crippen LogP contribution in [0.3, 0.4) is 0 Å². The first-order valence-corrected chi connectivity index (χ1v) is 17.1. The van der Waals surface area contributed by atoms with E-state index in [0.29, 0.717) is 17.9 Å². The van der Waals surface area contributed by atoms with Crippen molar-refractivity contribution in [3.05, 3.63) is 90.0 Å². The maximum atomic E-state index is 13.9. The van der Waals surface area contributed by atoms with Gasteiger partial charge in [-0.05, 0) is 103 Å². The van der Waals surface area contributed by atoms with Crippen molar-refractivity contribution < 1.29 is 27.0 Å². The molecule has 9 heteroatoms. The minimum atomic E-state index is -4.40. The minimum absolute atomic E-state index is 0.0219. The van der Waals surface area contributed by atoms with Crippen LogP contribution in [0, 0.1) is 23.2 Å². The molecular weight excluding hydrogens is 588 g/mol. The van der Waals surface area contributed by atoms with E-state index >= 15 is 0 Å². The monoisotopic (exact) mass is 629 g/mol. The van der Waals surface area contributed by atoms with Crippen LogP contribution in [0.2, 0.25) is 0 Å². The number of anilines is 1. The van der Waals surface area contributed by atoms with Crippen LogP contribution in [-0.2, 0) is 21.3 Å². The molecule has 4 aromatic rings. The lowest BCUT2D eigenvalue weighted by Crippen LogP contribution is -2.35. The van der Waals surface area contributed by atoms with E-state index in [1.54, 1.807) is 12.1 Å². The Hall–Kier alpha value is -3.95. The van der Waals surface area contributed by atoms with Crippen molar-refractivity contribution in [1.82, 2.24) is 5.32 Å². The molecule has 1 unspecified atom stereocenters. The van der Waals surface area contributed by atoms with Gasteiger partial charge in [-0.2, -0.15) is 0 Å². The number of carbonyl (C=O) groups is 2. The van der Waals surface area contributed by atoms with Crippen LogP contribution < -0.4 is 10.6 Å². The van der Waals surface area contributed by atoms with Crippen LogP contribution in [0.1, 0.15) is 62.4 Å². The van der Waals surface area contributed by atoms with Crippen molar-refractivity contribution in [3.8, 4) is 11.3 Å². The molecule has 2 amide bonds. The fourth-order valence-electron chi connectivity index (χ4n) is 6.38. The molecule has 1 fully saturated rings. The van der Waals surface area contributed by atoms with Crippen LogP contribution in [0.5, 0.6) is 0 Å². The van der Waals surface area contributed by atoms with Crippen molar-refractivity contribution in [2.45, 2.75) is 52.9 Å². The summed E-state index contributed by atoms with van der Waals surface area (Å²) in [4.78, 5) is 26.3. The summed E-state index contributed by atoms with van der Waals surface area (Å²) < 4.78 is 38.5. The lowest BCUT2D eigenvalue weighted by atomic mass is 9.66. The Labute approximate surface area is 265 Å². The van der Waals surface area contributed by atoms with Crippen molar-refractivity contribution in [2.24, 2.45) is 23.2 Å². The summed E-state index contributed by atoms with van der Waals surface area (Å²) in [6.45, 7) is 6.61. The highest BCUT2D eigenvalue weighted by atomic mass is 32.2. The molecule has 238 valence electrons. The lowest BCUT2D eigenvalue weighted by molar-refractivity contribution is -0.122. The average Bonchev–Trinajstić information content (AvgIpc) is 3.44. The Bertz CT molecular complexity index is 1700. The standard InChI is InChI=1S/C36H42N2O6S/c1-36(2,3)29-16-12-25(13-17-29)31(22-24-8-10-27(11-9-24)34(39)37-20-21-45(41,42)43)35(40)38-30-18-14-26(15-19-30)33-23-28-6-4-5-7-32(28)44-33/h4-11,14-15,18-19,23,25,29,31H,12-13,16-17,20-22H2,1-3H3,(H,37,39)(H,38,40)(H,41,42,43)/p-1. The maximum absolute atomic E-state index is 13.9. The van der Waals surface area contributed by atoms with Crippen LogP contribution in [0.4, 0.5) is 5.69 Å². The molecule has 8 nitrogen and oxygen atoms in total. The van der Waals surface area contributed by atoms with Gasteiger partial charge in [-0.25, -0.2) is 8.42 Å². The van der Waals surface area contributed by atoms with Gasteiger partial charge in [-0.15, -0.1) is 0 Å². The first-order chi connectivity index (χ1) is 21.4. The van der Waals surface area contributed by atoms with E-state index < -0.39 is 21.8 Å². The Morgan fingerprint density at radius 2 is 1.60 bits per heavy atom. The molecule has 1 saturated carbocycles. The third-order valence-electron chi connectivity index (χ3n) is 9.07. The summed E-state index contributed by atoms with van der Waals surface area (Å²) >= 11 is 0. The molecule has 45 heavy (non-hydrogen) atoms. The molecule has 1 aromatic heterocycles. The van der Waals surface area contributed by atoms with Crippen LogP contribution >= 0.6 is 0 Å². The number of carbonyl (C=O) groups excluding carboxylic acids is 2. The summed E-state index contributed by atoms with van der Waals surface area (Å²) in [7, 11) is -4.40. The zero-order valence-electron chi connectivity index (χ0n) is 26.0. The van der Waals surface area contributed by atoms with Crippen LogP contribution in [-0.4, -0.2) is 37.1 Å². The number of hydrogen-bond donors (Lipinski definition) is 2. The minimum Gasteiger partial charge on any atom is -0.748 e. The van der Waals surface area contributed by atoms with E-state index in [1.165, 1.54) is 0 Å². The van der Waals surface area contributed by atoms with E-state index in [1.807, 2.05) is 66.7 Å². The first kappa shape index (κ1) is 32.4. The second-order valence-corrected chi connectivity index (χ2v) is 14.7. The molecule has 2 N–H and O–H groups in total. The molecule has 0 bridgehead atoms. The Morgan fingerprint density at radius 1 is 0.933 bits per heavy atom. The zero-order chi connectivity index (χ0) is 32.2. The second-order valence-electron chi connectivity index (χ2n) is 13.2. The van der Waals surface area contributed by atoms with Crippen molar-refractivity contribution in [1.29, 1.82) is 0 Å². The van der Waals surface area contributed by atoms with Crippen LogP contribution in [0.25, 0.3) is 22.3 Å². The molecule has 1 aliphatic carbocycles. The lowest BCUT2D eigenvalue weighted by Gasteiger charge is -2.39. The van der Waals surface area contributed by atoms with Crippen molar-refractivity contribution in [3.63, 3.8) is 0 Å². The predicted octanol–water partition coefficient (Wildman–Crippen LogP) is 7.02. The number of hydrogen-bond acceptors (Lipinski definition) is 6. The van der Waals surface area contributed by atoms with Crippen LogP contribution in [0.15, 0.2) is 83.3 Å². The topological polar surface area (TPSA) is 129 Å².